The molecule has 0 aliphatic heterocycles. The first-order valence-corrected chi connectivity index (χ1v) is 7.70. The zero-order valence-electron chi connectivity index (χ0n) is 11.5. The number of aliphatic hydroxyl groups is 1. The Morgan fingerprint density at radius 1 is 1.32 bits per heavy atom. The molecular weight excluding hydrogens is 266 g/mol. The van der Waals surface area contributed by atoms with E-state index in [1.54, 1.807) is 12.1 Å². The van der Waals surface area contributed by atoms with Crippen molar-refractivity contribution < 1.29 is 18.3 Å². The van der Waals surface area contributed by atoms with Crippen molar-refractivity contribution in [2.45, 2.75) is 37.1 Å². The van der Waals surface area contributed by atoms with Crippen molar-refractivity contribution in [1.29, 1.82) is 0 Å². The van der Waals surface area contributed by atoms with Gasteiger partial charge in [0.15, 0.2) is 0 Å². The summed E-state index contributed by atoms with van der Waals surface area (Å²) in [4.78, 5) is 0.131. The molecule has 5 nitrogen and oxygen atoms in total. The van der Waals surface area contributed by atoms with Gasteiger partial charge in [0.2, 0.25) is 10.0 Å². The van der Waals surface area contributed by atoms with Gasteiger partial charge in [0.1, 0.15) is 5.75 Å². The molecule has 2 N–H and O–H groups in total. The van der Waals surface area contributed by atoms with Gasteiger partial charge in [0.25, 0.3) is 0 Å². The van der Waals surface area contributed by atoms with Crippen molar-refractivity contribution in [3.05, 3.63) is 24.3 Å². The minimum absolute atomic E-state index is 0.131. The van der Waals surface area contributed by atoms with E-state index in [0.29, 0.717) is 18.6 Å². The second-order valence-electron chi connectivity index (χ2n) is 4.43. The van der Waals surface area contributed by atoms with Crippen molar-refractivity contribution in [3.63, 3.8) is 0 Å². The molecule has 0 aliphatic carbocycles. The monoisotopic (exact) mass is 287 g/mol. The highest BCUT2D eigenvalue weighted by atomic mass is 32.2. The highest BCUT2D eigenvalue weighted by molar-refractivity contribution is 7.89. The lowest BCUT2D eigenvalue weighted by Crippen LogP contribution is -2.50. The molecule has 0 atom stereocenters. The van der Waals surface area contributed by atoms with Gasteiger partial charge in [-0.15, -0.1) is 0 Å². The maximum Gasteiger partial charge on any atom is 0.241 e. The molecular formula is C13H21NO4S. The smallest absolute Gasteiger partial charge is 0.241 e. The van der Waals surface area contributed by atoms with Crippen molar-refractivity contribution in [2.24, 2.45) is 0 Å². The fourth-order valence-corrected chi connectivity index (χ4v) is 3.33. The van der Waals surface area contributed by atoms with Gasteiger partial charge in [-0.25, -0.2) is 13.1 Å². The van der Waals surface area contributed by atoms with Crippen LogP contribution in [0, 0.1) is 0 Å². The zero-order chi connectivity index (χ0) is 14.5. The summed E-state index contributed by atoms with van der Waals surface area (Å²) in [6.07, 6.45) is 1.03. The van der Waals surface area contributed by atoms with Crippen LogP contribution in [0.2, 0.25) is 0 Å². The quantitative estimate of drug-likeness (QED) is 0.797. The Hall–Kier alpha value is -1.11. The number of rotatable bonds is 7. The Labute approximate surface area is 114 Å². The molecule has 0 amide bonds. The second-order valence-corrected chi connectivity index (χ2v) is 6.11. The fraction of sp³-hybridized carbons (Fsp3) is 0.538. The van der Waals surface area contributed by atoms with E-state index >= 15 is 0 Å². The molecule has 0 unspecified atom stereocenters. The minimum atomic E-state index is -3.68. The Balaban J connectivity index is 3.10. The third-order valence-corrected chi connectivity index (χ3v) is 4.93. The van der Waals surface area contributed by atoms with Crippen LogP contribution in [0.4, 0.5) is 0 Å². The maximum absolute atomic E-state index is 12.3. The molecule has 6 heteroatoms. The first kappa shape index (κ1) is 15.9. The number of ether oxygens (including phenoxy) is 1. The van der Waals surface area contributed by atoms with Crippen LogP contribution in [0.25, 0.3) is 0 Å². The van der Waals surface area contributed by atoms with Crippen molar-refractivity contribution in [1.82, 2.24) is 4.72 Å². The highest BCUT2D eigenvalue weighted by Crippen LogP contribution is 2.21. The standard InChI is InChI=1S/C13H21NO4S/c1-4-13(5-2,10-15)14-19(16,17)12-8-6-7-11(9-12)18-3/h6-9,14-15H,4-5,10H2,1-3H3. The lowest BCUT2D eigenvalue weighted by atomic mass is 9.96. The highest BCUT2D eigenvalue weighted by Gasteiger charge is 2.31. The SMILES string of the molecule is CCC(CC)(CO)NS(=O)(=O)c1cccc(OC)c1. The average Bonchev–Trinajstić information content (AvgIpc) is 2.45. The van der Waals surface area contributed by atoms with E-state index in [2.05, 4.69) is 4.72 Å². The van der Waals surface area contributed by atoms with Crippen LogP contribution in [-0.2, 0) is 10.0 Å². The van der Waals surface area contributed by atoms with Crippen LogP contribution in [0.15, 0.2) is 29.2 Å². The Morgan fingerprint density at radius 2 is 1.95 bits per heavy atom. The molecule has 0 saturated carbocycles. The average molecular weight is 287 g/mol. The lowest BCUT2D eigenvalue weighted by Gasteiger charge is -2.30. The number of hydrogen-bond acceptors (Lipinski definition) is 4. The summed E-state index contributed by atoms with van der Waals surface area (Å²) >= 11 is 0. The molecule has 1 rings (SSSR count). The molecule has 0 aromatic heterocycles. The summed E-state index contributed by atoms with van der Waals surface area (Å²) in [5.74, 6) is 0.477. The van der Waals surface area contributed by atoms with Crippen LogP contribution in [0.3, 0.4) is 0 Å². The van der Waals surface area contributed by atoms with E-state index in [1.165, 1.54) is 19.2 Å². The van der Waals surface area contributed by atoms with E-state index in [0.717, 1.165) is 0 Å². The third-order valence-electron chi connectivity index (χ3n) is 3.36. The van der Waals surface area contributed by atoms with Crippen LogP contribution < -0.4 is 9.46 Å². The second kappa shape index (κ2) is 6.36. The summed E-state index contributed by atoms with van der Waals surface area (Å²) in [7, 11) is -2.20. The fourth-order valence-electron chi connectivity index (χ4n) is 1.76. The summed E-state index contributed by atoms with van der Waals surface area (Å²) in [6.45, 7) is 3.45. The van der Waals surface area contributed by atoms with Gasteiger partial charge in [0, 0.05) is 6.07 Å². The van der Waals surface area contributed by atoms with Gasteiger partial charge in [-0.05, 0) is 25.0 Å². The normalized spacial score (nSPS) is 12.4. The van der Waals surface area contributed by atoms with Crippen LogP contribution in [0.5, 0.6) is 5.75 Å². The molecule has 0 heterocycles. The van der Waals surface area contributed by atoms with E-state index in [9.17, 15) is 13.5 Å². The van der Waals surface area contributed by atoms with Crippen molar-refractivity contribution in [2.75, 3.05) is 13.7 Å². The molecule has 0 aliphatic rings. The van der Waals surface area contributed by atoms with Crippen LogP contribution in [-0.4, -0.2) is 32.8 Å². The molecule has 0 spiro atoms. The van der Waals surface area contributed by atoms with E-state index < -0.39 is 15.6 Å². The van der Waals surface area contributed by atoms with E-state index in [-0.39, 0.29) is 11.5 Å². The summed E-state index contributed by atoms with van der Waals surface area (Å²) in [5.41, 5.74) is -0.818. The van der Waals surface area contributed by atoms with E-state index in [1.807, 2.05) is 13.8 Å². The van der Waals surface area contributed by atoms with Gasteiger partial charge >= 0.3 is 0 Å². The molecule has 0 saturated heterocycles. The number of sulfonamides is 1. The number of aliphatic hydroxyl groups excluding tert-OH is 1. The maximum atomic E-state index is 12.3. The number of methoxy groups -OCH3 is 1. The third kappa shape index (κ3) is 3.68. The minimum Gasteiger partial charge on any atom is -0.497 e. The predicted molar refractivity (Wildman–Crippen MR) is 73.7 cm³/mol. The lowest BCUT2D eigenvalue weighted by molar-refractivity contribution is 0.172. The zero-order valence-corrected chi connectivity index (χ0v) is 12.3. The van der Waals surface area contributed by atoms with Gasteiger partial charge in [-0.2, -0.15) is 0 Å². The Morgan fingerprint density at radius 3 is 2.42 bits per heavy atom. The molecule has 0 fully saturated rings. The molecule has 0 radical (unpaired) electrons. The Kier molecular flexibility index (Phi) is 5.34. The van der Waals surface area contributed by atoms with Gasteiger partial charge < -0.3 is 9.84 Å². The van der Waals surface area contributed by atoms with Gasteiger partial charge in [-0.1, -0.05) is 19.9 Å². The van der Waals surface area contributed by atoms with Crippen LogP contribution in [0.1, 0.15) is 26.7 Å². The van der Waals surface area contributed by atoms with Crippen molar-refractivity contribution >= 4 is 10.0 Å². The molecule has 1 aromatic carbocycles. The number of nitrogens with one attached hydrogen (secondary N) is 1. The topological polar surface area (TPSA) is 75.6 Å². The molecule has 0 bridgehead atoms. The van der Waals surface area contributed by atoms with Gasteiger partial charge in [-0.3, -0.25) is 0 Å². The molecule has 19 heavy (non-hydrogen) atoms. The number of benzene rings is 1. The summed E-state index contributed by atoms with van der Waals surface area (Å²) in [6, 6.07) is 6.25. The first-order valence-electron chi connectivity index (χ1n) is 6.22. The molecule has 1 aromatic rings. The Bertz CT molecular complexity index is 501. The van der Waals surface area contributed by atoms with Gasteiger partial charge in [0.05, 0.1) is 24.2 Å². The van der Waals surface area contributed by atoms with E-state index in [4.69, 9.17) is 4.74 Å². The largest absolute Gasteiger partial charge is 0.497 e. The summed E-state index contributed by atoms with van der Waals surface area (Å²) < 4.78 is 32.2. The number of hydrogen-bond donors (Lipinski definition) is 2. The predicted octanol–water partition coefficient (Wildman–Crippen LogP) is 1.52. The summed E-state index contributed by atoms with van der Waals surface area (Å²) in [5, 5.41) is 9.44. The van der Waals surface area contributed by atoms with Crippen LogP contribution >= 0.6 is 0 Å². The first-order chi connectivity index (χ1) is 8.93. The van der Waals surface area contributed by atoms with Crippen molar-refractivity contribution in [3.8, 4) is 5.75 Å². The molecule has 108 valence electrons.